The van der Waals surface area contributed by atoms with Gasteiger partial charge in [0.1, 0.15) is 42.0 Å². The fraction of sp³-hybridized carbons (Fsp3) is 0.600. The molecule has 84 heavy (non-hydrogen) atoms. The Morgan fingerprint density at radius 3 is 2.19 bits per heavy atom. The number of ether oxygens (including phenoxy) is 1. The SMILES string of the molecule is CC[C@H](C)[C@@H]1NC(=O)CNC(=O)[C@H]2Cc3c([nH]c4cc(OCCCCCCNC(=O)CCCCCN5C(=O)C=CC5=O)ccc34)SC[C@H](NC(=O)CNC1=O)C(=O)N[C@@H](CC(N)=O)C(=O)N1C[C@H](O)C[C@H]1C(=O)N[C@@H]([C@@H](C)[C@@H](O)CO)C(=O)N2. The quantitative estimate of drug-likeness (QED) is 0.0435. The summed E-state index contributed by atoms with van der Waals surface area (Å²) >= 11 is 0.982. The van der Waals surface area contributed by atoms with Crippen molar-refractivity contribution >= 4 is 93.6 Å². The van der Waals surface area contributed by atoms with E-state index in [1.165, 1.54) is 24.0 Å². The number of amides is 12. The number of rotatable bonds is 21. The standard InChI is InChI=1S/C55H78N12O16S/c1-4-29(2)47-52(80)59-24-43(73)60-38-28-84-54-34(33-14-13-32(21-35(33)63-54)83-19-11-6-5-9-17-57-42(72)12-8-7-10-18-66-45(75)15-16-46(66)76)22-36(49(77)58-25-44(74)64-47)61-53(81)48(30(3)40(70)27-68)65-51(79)39-20-31(69)26-67(39)55(82)37(23-41(56)71)62-50(38)78/h13-16,21,29-31,36-40,47-48,63,68-70H,4-12,17-20,22-28H2,1-3H3,(H2,56,71)(H,57,72)(H,58,77)(H,59,80)(H,60,73)(H,61,81)(H,62,78)(H,64,74)(H,65,79)/t29-,30-,31+,36+,37-,38-,39-,40-,47-,48-/m0/s1. The van der Waals surface area contributed by atoms with E-state index in [9.17, 15) is 72.9 Å². The second-order valence-electron chi connectivity index (χ2n) is 21.5. The molecule has 1 saturated heterocycles. The summed E-state index contributed by atoms with van der Waals surface area (Å²) in [5.74, 6) is -10.9. The first-order valence-electron chi connectivity index (χ1n) is 28.4. The van der Waals surface area contributed by atoms with Gasteiger partial charge < -0.3 is 78.2 Å². The molecule has 1 aromatic heterocycles. The molecule has 4 aliphatic heterocycles. The van der Waals surface area contributed by atoms with Crippen molar-refractivity contribution in [1.29, 1.82) is 0 Å². The Bertz CT molecular complexity index is 2790. The maximum absolute atomic E-state index is 14.7. The van der Waals surface area contributed by atoms with Crippen molar-refractivity contribution in [3.8, 4) is 5.75 Å². The molecule has 14 N–H and O–H groups in total. The van der Waals surface area contributed by atoms with E-state index < -0.39 is 146 Å². The summed E-state index contributed by atoms with van der Waals surface area (Å²) in [4.78, 5) is 167. The third kappa shape index (κ3) is 18.2. The average Bonchev–Trinajstić information content (AvgIpc) is 4.16. The number of H-pyrrole nitrogens is 1. The highest BCUT2D eigenvalue weighted by Crippen LogP contribution is 2.34. The van der Waals surface area contributed by atoms with E-state index in [2.05, 4.69) is 47.5 Å². The van der Waals surface area contributed by atoms with Crippen LogP contribution in [0.1, 0.15) is 97.0 Å². The van der Waals surface area contributed by atoms with Crippen LogP contribution in [0.15, 0.2) is 35.4 Å². The maximum atomic E-state index is 14.7. The predicted octanol–water partition coefficient (Wildman–Crippen LogP) is -3.10. The first kappa shape index (κ1) is 65.5. The molecule has 10 atom stereocenters. The number of carbonyl (C=O) groups is 12. The van der Waals surface area contributed by atoms with Crippen molar-refractivity contribution in [3.63, 3.8) is 0 Å². The summed E-state index contributed by atoms with van der Waals surface area (Å²) in [5.41, 5.74) is 6.42. The molecular formula is C55H78N12O16S. The summed E-state index contributed by atoms with van der Waals surface area (Å²) in [7, 11) is 0. The number of carbonyl (C=O) groups excluding carboxylic acids is 12. The first-order valence-corrected chi connectivity index (χ1v) is 29.4. The fourth-order valence-corrected chi connectivity index (χ4v) is 11.2. The van der Waals surface area contributed by atoms with Crippen LogP contribution in [0, 0.1) is 11.8 Å². The van der Waals surface area contributed by atoms with E-state index >= 15 is 0 Å². The van der Waals surface area contributed by atoms with Crippen LogP contribution in [0.5, 0.6) is 5.75 Å². The summed E-state index contributed by atoms with van der Waals surface area (Å²) in [5, 5.41) is 53.3. The number of aromatic amines is 1. The molecule has 1 aromatic carbocycles. The van der Waals surface area contributed by atoms with Gasteiger partial charge in [-0.1, -0.05) is 46.5 Å². The smallest absolute Gasteiger partial charge is 0.253 e. The Balaban J connectivity index is 1.27. The Morgan fingerprint density at radius 1 is 0.798 bits per heavy atom. The first-order chi connectivity index (χ1) is 40.1. The topological polar surface area (TPSA) is 419 Å². The van der Waals surface area contributed by atoms with Crippen molar-refractivity contribution < 1.29 is 77.6 Å². The second-order valence-corrected chi connectivity index (χ2v) is 22.5. The zero-order valence-corrected chi connectivity index (χ0v) is 48.1. The van der Waals surface area contributed by atoms with Gasteiger partial charge in [0.05, 0.1) is 55.5 Å². The van der Waals surface area contributed by atoms with Crippen LogP contribution in [0.25, 0.3) is 10.9 Å². The molecule has 0 spiro atoms. The molecular weight excluding hydrogens is 1120 g/mol. The largest absolute Gasteiger partial charge is 0.494 e. The maximum Gasteiger partial charge on any atom is 0.253 e. The number of aromatic nitrogens is 1. The number of thioether (sulfide) groups is 1. The van der Waals surface area contributed by atoms with E-state index in [4.69, 9.17) is 10.5 Å². The Kier molecular flexibility index (Phi) is 24.4. The van der Waals surface area contributed by atoms with Gasteiger partial charge in [0.15, 0.2) is 0 Å². The van der Waals surface area contributed by atoms with Gasteiger partial charge in [0, 0.05) is 74.2 Å². The summed E-state index contributed by atoms with van der Waals surface area (Å²) in [6, 6.07) is -4.33. The second kappa shape index (κ2) is 31.3. The Morgan fingerprint density at radius 2 is 1.49 bits per heavy atom. The fourth-order valence-electron chi connectivity index (χ4n) is 10.1. The number of unbranched alkanes of at least 4 members (excludes halogenated alkanes) is 5. The molecule has 5 heterocycles. The van der Waals surface area contributed by atoms with E-state index in [0.29, 0.717) is 85.5 Å². The van der Waals surface area contributed by atoms with Gasteiger partial charge in [0.2, 0.25) is 59.1 Å². The molecule has 0 aliphatic carbocycles. The normalized spacial score (nSPS) is 24.4. The predicted molar refractivity (Wildman–Crippen MR) is 301 cm³/mol. The van der Waals surface area contributed by atoms with Crippen LogP contribution in [-0.4, -0.2) is 201 Å². The highest BCUT2D eigenvalue weighted by atomic mass is 32.2. The molecule has 1 fully saturated rings. The number of primary amides is 1. The summed E-state index contributed by atoms with van der Waals surface area (Å²) in [6.45, 7) is 3.16. The minimum absolute atomic E-state index is 0.0783. The number of hydrogen-bond donors (Lipinski definition) is 13. The summed E-state index contributed by atoms with van der Waals surface area (Å²) < 4.78 is 6.14. The van der Waals surface area contributed by atoms with Crippen molar-refractivity contribution in [2.24, 2.45) is 17.6 Å². The highest BCUT2D eigenvalue weighted by molar-refractivity contribution is 7.99. The van der Waals surface area contributed by atoms with Gasteiger partial charge in [-0.15, -0.1) is 11.8 Å². The van der Waals surface area contributed by atoms with Crippen molar-refractivity contribution in [2.45, 2.75) is 151 Å². The molecule has 0 radical (unpaired) electrons. The number of aliphatic hydroxyl groups is 3. The van der Waals surface area contributed by atoms with E-state index in [0.717, 1.165) is 35.9 Å². The monoisotopic (exact) mass is 1190 g/mol. The van der Waals surface area contributed by atoms with Gasteiger partial charge >= 0.3 is 0 Å². The lowest BCUT2D eigenvalue weighted by Gasteiger charge is -2.32. The average molecular weight is 1200 g/mol. The molecule has 6 rings (SSSR count). The molecule has 12 amide bonds. The molecule has 4 aliphatic rings. The van der Waals surface area contributed by atoms with Crippen LogP contribution < -0.4 is 53.0 Å². The molecule has 0 saturated carbocycles. The third-order valence-corrected chi connectivity index (χ3v) is 16.4. The molecule has 29 heteroatoms. The number of aliphatic hydroxyl groups excluding tert-OH is 3. The molecule has 460 valence electrons. The van der Waals surface area contributed by atoms with E-state index in [1.54, 1.807) is 32.0 Å². The van der Waals surface area contributed by atoms with Crippen LogP contribution in [-0.2, 0) is 64.0 Å². The lowest BCUT2D eigenvalue weighted by atomic mass is 9.93. The van der Waals surface area contributed by atoms with Gasteiger partial charge in [-0.3, -0.25) is 62.4 Å². The van der Waals surface area contributed by atoms with E-state index in [-0.39, 0.29) is 36.3 Å². The lowest BCUT2D eigenvalue weighted by molar-refractivity contribution is -0.144. The minimum Gasteiger partial charge on any atom is -0.494 e. The summed E-state index contributed by atoms with van der Waals surface area (Å²) in [6.07, 6.45) is 3.63. The van der Waals surface area contributed by atoms with Crippen LogP contribution in [0.3, 0.4) is 0 Å². The Labute approximate surface area is 489 Å². The number of imide groups is 1. The number of hydrogen-bond acceptors (Lipinski definition) is 17. The lowest BCUT2D eigenvalue weighted by Crippen LogP contribution is -2.62. The zero-order chi connectivity index (χ0) is 61.2. The number of nitrogens with zero attached hydrogens (tertiary/aromatic N) is 2. The van der Waals surface area contributed by atoms with Gasteiger partial charge in [-0.2, -0.15) is 0 Å². The van der Waals surface area contributed by atoms with Crippen molar-refractivity contribution in [3.05, 3.63) is 35.9 Å². The highest BCUT2D eigenvalue weighted by Gasteiger charge is 2.45. The zero-order valence-electron chi connectivity index (χ0n) is 47.3. The Hall–Kier alpha value is -7.63. The van der Waals surface area contributed by atoms with Crippen LogP contribution >= 0.6 is 11.8 Å². The number of benzene rings is 1. The van der Waals surface area contributed by atoms with Crippen molar-refractivity contribution in [1.82, 2.24) is 57.3 Å². The molecule has 0 unspecified atom stereocenters. The van der Waals surface area contributed by atoms with Gasteiger partial charge in [-0.05, 0) is 49.3 Å². The molecule has 28 nitrogen and oxygen atoms in total. The third-order valence-electron chi connectivity index (χ3n) is 15.2. The minimum atomic E-state index is -1.77. The molecule has 2 bridgehead atoms. The van der Waals surface area contributed by atoms with Crippen LogP contribution in [0.4, 0.5) is 0 Å². The molecule has 2 aromatic rings. The number of fused-ring (bicyclic) bond motifs is 5. The number of nitrogens with two attached hydrogens (primary N) is 1. The van der Waals surface area contributed by atoms with E-state index in [1.807, 2.05) is 0 Å². The van der Waals surface area contributed by atoms with Gasteiger partial charge in [0.25, 0.3) is 11.8 Å². The number of nitrogens with one attached hydrogen (secondary N) is 9. The van der Waals surface area contributed by atoms with Gasteiger partial charge in [-0.25, -0.2) is 0 Å². The van der Waals surface area contributed by atoms with Crippen molar-refractivity contribution in [2.75, 3.05) is 51.7 Å². The van der Waals surface area contributed by atoms with Crippen LogP contribution in [0.2, 0.25) is 0 Å².